The molecule has 3 radical (unpaired) electrons. The van der Waals surface area contributed by atoms with Crippen LogP contribution in [0.3, 0.4) is 0 Å². The summed E-state index contributed by atoms with van der Waals surface area (Å²) < 4.78 is 0. The molecule has 0 aromatic heterocycles. The zero-order valence-electron chi connectivity index (χ0n) is 4.59. The van der Waals surface area contributed by atoms with E-state index >= 15 is 0 Å². The van der Waals surface area contributed by atoms with E-state index in [1.54, 1.807) is 0 Å². The fourth-order valence-electron chi connectivity index (χ4n) is 0.596. The summed E-state index contributed by atoms with van der Waals surface area (Å²) in [6, 6.07) is 10.5. The Balaban J connectivity index is 2.83. The van der Waals surface area contributed by atoms with Crippen LogP contribution in [-0.4, -0.2) is 16.5 Å². The first-order chi connectivity index (χ1) is 3.93. The van der Waals surface area contributed by atoms with Gasteiger partial charge in [0.15, 0.2) is 0 Å². The molecule has 0 nitrogen and oxygen atoms in total. The minimum atomic E-state index is 1.14. The Morgan fingerprint density at radius 1 is 1.12 bits per heavy atom. The Hall–Kier alpha value is -0.237. The number of hydrogen-bond donors (Lipinski definition) is 0. The maximum atomic E-state index is 2.16. The van der Waals surface area contributed by atoms with Gasteiger partial charge >= 0.3 is 57.7 Å². The third-order valence-corrected chi connectivity index (χ3v) is 1.90. The molecule has 0 aliphatic heterocycles. The van der Waals surface area contributed by atoms with Crippen LogP contribution in [0.15, 0.2) is 30.3 Å². The molecule has 1 rings (SSSR count). The molecule has 0 aliphatic carbocycles. The molecule has 0 amide bonds. The molecule has 0 saturated carbocycles. The van der Waals surface area contributed by atoms with Crippen molar-refractivity contribution in [3.8, 4) is 0 Å². The van der Waals surface area contributed by atoms with Crippen LogP contribution in [0, 0.1) is 0 Å². The molecule has 1 heteroatoms. The van der Waals surface area contributed by atoms with Crippen LogP contribution in [0.25, 0.3) is 0 Å². The van der Waals surface area contributed by atoms with Gasteiger partial charge in [-0.05, 0) is 0 Å². The summed E-state index contributed by atoms with van der Waals surface area (Å²) >= 11 is 2.16. The van der Waals surface area contributed by atoms with E-state index in [1.165, 1.54) is 5.56 Å². The van der Waals surface area contributed by atoms with Crippen LogP contribution in [0.1, 0.15) is 5.56 Å². The predicted molar refractivity (Wildman–Crippen MR) is 35.9 cm³/mol. The molecule has 0 aliphatic rings. The van der Waals surface area contributed by atoms with Gasteiger partial charge in [0.25, 0.3) is 0 Å². The second kappa shape index (κ2) is 2.92. The third-order valence-electron chi connectivity index (χ3n) is 1.05. The van der Waals surface area contributed by atoms with E-state index in [-0.39, 0.29) is 0 Å². The zero-order chi connectivity index (χ0) is 5.82. The van der Waals surface area contributed by atoms with Gasteiger partial charge in [0.05, 0.1) is 0 Å². The molecule has 0 saturated heterocycles. The van der Waals surface area contributed by atoms with E-state index < -0.39 is 0 Å². The first-order valence-electron chi connectivity index (χ1n) is 2.62. The van der Waals surface area contributed by atoms with Crippen molar-refractivity contribution in [1.29, 1.82) is 0 Å². The summed E-state index contributed by atoms with van der Waals surface area (Å²) in [5.74, 6) is 0. The van der Waals surface area contributed by atoms with E-state index in [1.807, 2.05) is 6.07 Å². The number of hydrogen-bond acceptors (Lipinski definition) is 0. The molecule has 0 spiro atoms. The Morgan fingerprint density at radius 3 is 2.12 bits per heavy atom. The number of benzene rings is 1. The second-order valence-electron chi connectivity index (χ2n) is 1.66. The zero-order valence-corrected chi connectivity index (χ0v) is 6.69. The molecule has 8 heavy (non-hydrogen) atoms. The fourth-order valence-corrected chi connectivity index (χ4v) is 1.09. The molecule has 0 heterocycles. The normalized spacial score (nSPS) is 9.12. The van der Waals surface area contributed by atoms with Gasteiger partial charge in [0.2, 0.25) is 0 Å². The van der Waals surface area contributed by atoms with E-state index in [9.17, 15) is 0 Å². The van der Waals surface area contributed by atoms with Crippen LogP contribution in [0.2, 0.25) is 0 Å². The number of rotatable bonds is 1. The fraction of sp³-hybridized carbons (Fsp3) is 0.143. The van der Waals surface area contributed by atoms with Crippen molar-refractivity contribution in [3.05, 3.63) is 35.9 Å². The third kappa shape index (κ3) is 1.37. The van der Waals surface area contributed by atoms with Crippen LogP contribution < -0.4 is 0 Å². The molecule has 0 fully saturated rings. The van der Waals surface area contributed by atoms with Gasteiger partial charge in [-0.2, -0.15) is 0 Å². The molecule has 1 aromatic rings. The SMILES string of the molecule is [Ge][CH2]c1ccccc1. The second-order valence-corrected chi connectivity index (χ2v) is 2.40. The topological polar surface area (TPSA) is 0 Å². The van der Waals surface area contributed by atoms with Crippen molar-refractivity contribution in [1.82, 2.24) is 0 Å². The monoisotopic (exact) mass is 165 g/mol. The van der Waals surface area contributed by atoms with Gasteiger partial charge in [0.1, 0.15) is 0 Å². The summed E-state index contributed by atoms with van der Waals surface area (Å²) in [4.78, 5) is 0. The first-order valence-corrected chi connectivity index (χ1v) is 4.10. The molecular weight excluding hydrogens is 157 g/mol. The Kier molecular flexibility index (Phi) is 2.15. The van der Waals surface area contributed by atoms with Crippen molar-refractivity contribution in [2.75, 3.05) is 0 Å². The van der Waals surface area contributed by atoms with Crippen molar-refractivity contribution in [2.24, 2.45) is 0 Å². The summed E-state index contributed by atoms with van der Waals surface area (Å²) in [5.41, 5.74) is 1.41. The van der Waals surface area contributed by atoms with E-state index in [0.717, 1.165) is 5.25 Å². The molecule has 0 unspecified atom stereocenters. The molecule has 0 atom stereocenters. The summed E-state index contributed by atoms with van der Waals surface area (Å²) in [6.45, 7) is 0. The van der Waals surface area contributed by atoms with Crippen molar-refractivity contribution in [2.45, 2.75) is 5.25 Å². The van der Waals surface area contributed by atoms with Crippen LogP contribution in [0.5, 0.6) is 0 Å². The van der Waals surface area contributed by atoms with Gasteiger partial charge in [-0.3, -0.25) is 0 Å². The summed E-state index contributed by atoms with van der Waals surface area (Å²) in [6.07, 6.45) is 0. The van der Waals surface area contributed by atoms with Gasteiger partial charge in [-0.25, -0.2) is 0 Å². The van der Waals surface area contributed by atoms with E-state index in [0.29, 0.717) is 0 Å². The molecular formula is C7H7Ge. The van der Waals surface area contributed by atoms with Crippen molar-refractivity contribution >= 4 is 16.5 Å². The molecule has 39 valence electrons. The quantitative estimate of drug-likeness (QED) is 0.549. The molecule has 0 bridgehead atoms. The van der Waals surface area contributed by atoms with Gasteiger partial charge in [0, 0.05) is 0 Å². The predicted octanol–water partition coefficient (Wildman–Crippen LogP) is 1.36. The van der Waals surface area contributed by atoms with Crippen LogP contribution in [-0.2, 0) is 5.25 Å². The molecule has 0 N–H and O–H groups in total. The van der Waals surface area contributed by atoms with Gasteiger partial charge in [-0.1, -0.05) is 0 Å². The summed E-state index contributed by atoms with van der Waals surface area (Å²) in [5, 5.41) is 1.14. The van der Waals surface area contributed by atoms with Gasteiger partial charge in [-0.15, -0.1) is 0 Å². The van der Waals surface area contributed by atoms with Crippen molar-refractivity contribution < 1.29 is 0 Å². The van der Waals surface area contributed by atoms with E-state index in [2.05, 4.69) is 40.8 Å². The molecule has 1 aromatic carbocycles. The van der Waals surface area contributed by atoms with Crippen LogP contribution >= 0.6 is 0 Å². The van der Waals surface area contributed by atoms with E-state index in [4.69, 9.17) is 0 Å². The average Bonchev–Trinajstić information content (AvgIpc) is 1.90. The maximum absolute atomic E-state index is 2.16. The van der Waals surface area contributed by atoms with Crippen molar-refractivity contribution in [3.63, 3.8) is 0 Å². The minimum absolute atomic E-state index is 1.14. The summed E-state index contributed by atoms with van der Waals surface area (Å²) in [7, 11) is 0. The Bertz CT molecular complexity index is 146. The standard InChI is InChI=1S/C7H7Ge/c8-6-7-4-2-1-3-5-7/h1-5H,6H2. The first kappa shape index (κ1) is 5.89. The van der Waals surface area contributed by atoms with Crippen LogP contribution in [0.4, 0.5) is 0 Å². The Morgan fingerprint density at radius 2 is 1.75 bits per heavy atom. The average molecular weight is 164 g/mol. The Labute approximate surface area is 58.1 Å². The van der Waals surface area contributed by atoms with Gasteiger partial charge < -0.3 is 0 Å².